The van der Waals surface area contributed by atoms with Crippen LogP contribution in [0, 0.1) is 11.6 Å². The van der Waals surface area contributed by atoms with Crippen molar-refractivity contribution < 1.29 is 27.9 Å². The summed E-state index contributed by atoms with van der Waals surface area (Å²) in [6, 6.07) is 23.2. The summed E-state index contributed by atoms with van der Waals surface area (Å²) in [5.41, 5.74) is 2.78. The van der Waals surface area contributed by atoms with E-state index in [-0.39, 0.29) is 35.6 Å². The Labute approximate surface area is 247 Å². The third-order valence-corrected chi connectivity index (χ3v) is 7.18. The second-order valence-corrected chi connectivity index (χ2v) is 10.0. The number of nitrogens with zero attached hydrogens (tertiary/aromatic N) is 2. The molecule has 0 spiro atoms. The number of carbonyl (C=O) groups excluding carboxylic acids is 3. The largest absolute Gasteiger partial charge is 0.497 e. The lowest BCUT2D eigenvalue weighted by molar-refractivity contribution is 0.0745. The Balaban J connectivity index is 1.35. The number of rotatable bonds is 8. The fourth-order valence-corrected chi connectivity index (χ4v) is 4.87. The van der Waals surface area contributed by atoms with Crippen molar-refractivity contribution in [2.75, 3.05) is 43.5 Å². The standard InChI is InChI=1S/C33H30F2N4O4/c1-43-28-7-3-4-23(19-28)31(40)37-27-12-13-30(29(20-27)32(41)36-21-22-8-10-25(34)11-9-22)38-14-16-39(17-15-38)33(42)24-5-2-6-26(35)18-24/h2-13,18-20H,14-17,21H2,1H3,(H,36,41)(H,37,40). The molecular weight excluding hydrogens is 554 g/mol. The number of ether oxygens (including phenoxy) is 1. The lowest BCUT2D eigenvalue weighted by atomic mass is 10.1. The van der Waals surface area contributed by atoms with Crippen molar-refractivity contribution in [2.24, 2.45) is 0 Å². The van der Waals surface area contributed by atoms with Crippen molar-refractivity contribution in [1.29, 1.82) is 0 Å². The van der Waals surface area contributed by atoms with Gasteiger partial charge in [-0.1, -0.05) is 24.3 Å². The van der Waals surface area contributed by atoms with Gasteiger partial charge in [0.05, 0.1) is 12.7 Å². The molecule has 8 nitrogen and oxygen atoms in total. The third kappa shape index (κ3) is 7.16. The average Bonchev–Trinajstić information content (AvgIpc) is 3.04. The first-order chi connectivity index (χ1) is 20.8. The number of carbonyl (C=O) groups is 3. The number of halogens is 2. The predicted octanol–water partition coefficient (Wildman–Crippen LogP) is 5.12. The molecule has 1 fully saturated rings. The van der Waals surface area contributed by atoms with Crippen LogP contribution in [0.15, 0.2) is 91.0 Å². The summed E-state index contributed by atoms with van der Waals surface area (Å²) in [7, 11) is 1.52. The molecular formula is C33H30F2N4O4. The Kier molecular flexibility index (Phi) is 8.95. The zero-order valence-corrected chi connectivity index (χ0v) is 23.5. The first-order valence-electron chi connectivity index (χ1n) is 13.7. The van der Waals surface area contributed by atoms with Gasteiger partial charge in [0.1, 0.15) is 17.4 Å². The minimum Gasteiger partial charge on any atom is -0.497 e. The van der Waals surface area contributed by atoms with E-state index in [1.165, 1.54) is 37.4 Å². The highest BCUT2D eigenvalue weighted by atomic mass is 19.1. The van der Waals surface area contributed by atoms with E-state index in [2.05, 4.69) is 10.6 Å². The van der Waals surface area contributed by atoms with Gasteiger partial charge in [0.25, 0.3) is 17.7 Å². The van der Waals surface area contributed by atoms with Crippen molar-refractivity contribution in [3.63, 3.8) is 0 Å². The Morgan fingerprint density at radius 1 is 0.767 bits per heavy atom. The fraction of sp³-hybridized carbons (Fsp3) is 0.182. The van der Waals surface area contributed by atoms with E-state index >= 15 is 0 Å². The lowest BCUT2D eigenvalue weighted by Crippen LogP contribution is -2.49. The van der Waals surface area contributed by atoms with E-state index in [0.29, 0.717) is 54.4 Å². The van der Waals surface area contributed by atoms with Crippen molar-refractivity contribution in [3.8, 4) is 5.75 Å². The molecule has 0 saturated carbocycles. The number of amides is 3. The van der Waals surface area contributed by atoms with Gasteiger partial charge in [0.15, 0.2) is 0 Å². The molecule has 1 aliphatic rings. The molecule has 0 atom stereocenters. The van der Waals surface area contributed by atoms with Gasteiger partial charge in [0, 0.05) is 55.2 Å². The minimum absolute atomic E-state index is 0.175. The highest BCUT2D eigenvalue weighted by Gasteiger charge is 2.25. The van der Waals surface area contributed by atoms with Gasteiger partial charge in [-0.05, 0) is 72.3 Å². The Morgan fingerprint density at radius 2 is 1.49 bits per heavy atom. The molecule has 1 saturated heterocycles. The highest BCUT2D eigenvalue weighted by Crippen LogP contribution is 2.27. The Bertz CT molecular complexity index is 1640. The molecule has 0 unspecified atom stereocenters. The van der Waals surface area contributed by atoms with E-state index in [9.17, 15) is 23.2 Å². The van der Waals surface area contributed by atoms with Gasteiger partial charge in [-0.3, -0.25) is 14.4 Å². The molecule has 0 radical (unpaired) electrons. The topological polar surface area (TPSA) is 91.0 Å². The van der Waals surface area contributed by atoms with E-state index in [1.54, 1.807) is 65.6 Å². The number of methoxy groups -OCH3 is 1. The second-order valence-electron chi connectivity index (χ2n) is 10.0. The molecule has 3 amide bonds. The first-order valence-corrected chi connectivity index (χ1v) is 13.7. The van der Waals surface area contributed by atoms with E-state index in [0.717, 1.165) is 5.56 Å². The van der Waals surface area contributed by atoms with Crippen molar-refractivity contribution in [3.05, 3.63) is 125 Å². The van der Waals surface area contributed by atoms with E-state index in [1.807, 2.05) is 4.90 Å². The molecule has 5 rings (SSSR count). The average molecular weight is 585 g/mol. The van der Waals surface area contributed by atoms with Crippen LogP contribution in [-0.2, 0) is 6.54 Å². The van der Waals surface area contributed by atoms with Gasteiger partial charge in [-0.15, -0.1) is 0 Å². The van der Waals surface area contributed by atoms with Crippen molar-refractivity contribution in [2.45, 2.75) is 6.54 Å². The molecule has 10 heteroatoms. The molecule has 0 aliphatic carbocycles. The molecule has 43 heavy (non-hydrogen) atoms. The van der Waals surface area contributed by atoms with Gasteiger partial charge in [-0.25, -0.2) is 8.78 Å². The summed E-state index contributed by atoms with van der Waals surface area (Å²) in [6.45, 7) is 1.80. The van der Waals surface area contributed by atoms with Crippen LogP contribution in [0.5, 0.6) is 5.75 Å². The summed E-state index contributed by atoms with van der Waals surface area (Å²) in [5, 5.41) is 5.72. The number of anilines is 2. The first kappa shape index (κ1) is 29.2. The molecule has 4 aromatic rings. The van der Waals surface area contributed by atoms with E-state index < -0.39 is 5.82 Å². The highest BCUT2D eigenvalue weighted by molar-refractivity contribution is 6.06. The maximum atomic E-state index is 13.7. The Morgan fingerprint density at radius 3 is 2.21 bits per heavy atom. The van der Waals surface area contributed by atoms with Gasteiger partial charge < -0.3 is 25.2 Å². The summed E-state index contributed by atoms with van der Waals surface area (Å²) in [4.78, 5) is 43.0. The van der Waals surface area contributed by atoms with Gasteiger partial charge in [0.2, 0.25) is 0 Å². The van der Waals surface area contributed by atoms with Crippen LogP contribution >= 0.6 is 0 Å². The quantitative estimate of drug-likeness (QED) is 0.300. The lowest BCUT2D eigenvalue weighted by Gasteiger charge is -2.37. The predicted molar refractivity (Wildman–Crippen MR) is 159 cm³/mol. The maximum absolute atomic E-state index is 13.7. The molecule has 1 aliphatic heterocycles. The van der Waals surface area contributed by atoms with Crippen LogP contribution < -0.4 is 20.3 Å². The van der Waals surface area contributed by atoms with Crippen LogP contribution in [0.1, 0.15) is 36.6 Å². The number of benzene rings is 4. The van der Waals surface area contributed by atoms with Crippen LogP contribution in [0.4, 0.5) is 20.2 Å². The monoisotopic (exact) mass is 584 g/mol. The van der Waals surface area contributed by atoms with Crippen LogP contribution in [0.25, 0.3) is 0 Å². The third-order valence-electron chi connectivity index (χ3n) is 7.18. The maximum Gasteiger partial charge on any atom is 0.255 e. The van der Waals surface area contributed by atoms with Crippen LogP contribution in [-0.4, -0.2) is 55.9 Å². The zero-order chi connectivity index (χ0) is 30.3. The molecule has 220 valence electrons. The zero-order valence-electron chi connectivity index (χ0n) is 23.5. The summed E-state index contributed by atoms with van der Waals surface area (Å²) in [5.74, 6) is -1.30. The SMILES string of the molecule is COc1cccc(C(=O)Nc2ccc(N3CCN(C(=O)c4cccc(F)c4)CC3)c(C(=O)NCc3ccc(F)cc3)c2)c1. The smallest absolute Gasteiger partial charge is 0.255 e. The summed E-state index contributed by atoms with van der Waals surface area (Å²) < 4.78 is 32.2. The number of hydrogen-bond donors (Lipinski definition) is 2. The summed E-state index contributed by atoms with van der Waals surface area (Å²) >= 11 is 0. The Hall–Kier alpha value is -5.25. The molecule has 1 heterocycles. The van der Waals surface area contributed by atoms with Gasteiger partial charge in [-0.2, -0.15) is 0 Å². The second kappa shape index (κ2) is 13.2. The number of piperazine rings is 1. The summed E-state index contributed by atoms with van der Waals surface area (Å²) in [6.07, 6.45) is 0. The number of nitrogens with one attached hydrogen (secondary N) is 2. The minimum atomic E-state index is -0.473. The molecule has 2 N–H and O–H groups in total. The fourth-order valence-electron chi connectivity index (χ4n) is 4.87. The molecule has 0 bridgehead atoms. The number of hydrogen-bond acceptors (Lipinski definition) is 5. The van der Waals surface area contributed by atoms with Crippen molar-refractivity contribution in [1.82, 2.24) is 10.2 Å². The van der Waals surface area contributed by atoms with Gasteiger partial charge >= 0.3 is 0 Å². The van der Waals surface area contributed by atoms with Crippen molar-refractivity contribution >= 4 is 29.1 Å². The molecule has 0 aromatic heterocycles. The van der Waals surface area contributed by atoms with E-state index in [4.69, 9.17) is 4.74 Å². The normalized spacial score (nSPS) is 12.9. The molecule has 4 aromatic carbocycles. The van der Waals surface area contributed by atoms with Crippen LogP contribution in [0.3, 0.4) is 0 Å². The van der Waals surface area contributed by atoms with Crippen LogP contribution in [0.2, 0.25) is 0 Å².